The molecule has 1 N–H and O–H groups in total. The van der Waals surface area contributed by atoms with Crippen molar-refractivity contribution in [2.24, 2.45) is 11.8 Å². The summed E-state index contributed by atoms with van der Waals surface area (Å²) >= 11 is 0. The molecule has 0 spiro atoms. The molecule has 0 aliphatic heterocycles. The van der Waals surface area contributed by atoms with Crippen LogP contribution in [0, 0.1) is 11.8 Å². The molecule has 2 atom stereocenters. The molecule has 0 saturated carbocycles. The van der Waals surface area contributed by atoms with Crippen molar-refractivity contribution < 1.29 is 17.7 Å². The zero-order valence-electron chi connectivity index (χ0n) is 12.5. The maximum Gasteiger partial charge on any atom is 0.296 e. The van der Waals surface area contributed by atoms with Gasteiger partial charge in [0.15, 0.2) is 0 Å². The van der Waals surface area contributed by atoms with Crippen molar-refractivity contribution in [2.75, 3.05) is 6.61 Å². The van der Waals surface area contributed by atoms with Gasteiger partial charge in [0.25, 0.3) is 10.1 Å². The van der Waals surface area contributed by atoms with Gasteiger partial charge < -0.3 is 5.11 Å². The van der Waals surface area contributed by atoms with Crippen LogP contribution in [0.1, 0.15) is 34.1 Å². The summed E-state index contributed by atoms with van der Waals surface area (Å²) in [6.07, 6.45) is 0.556. The highest BCUT2D eigenvalue weighted by atomic mass is 32.2. The van der Waals surface area contributed by atoms with Crippen LogP contribution >= 0.6 is 0 Å². The summed E-state index contributed by atoms with van der Waals surface area (Å²) in [6, 6.07) is 8.03. The van der Waals surface area contributed by atoms with Gasteiger partial charge in [0, 0.05) is 5.92 Å². The van der Waals surface area contributed by atoms with E-state index in [1.165, 1.54) is 12.1 Å². The molecular weight excluding hydrogens is 276 g/mol. The van der Waals surface area contributed by atoms with E-state index in [0.717, 1.165) is 0 Å². The SMILES string of the molecule is CCC(O)(C(C)C)C(C)COS(=O)(=O)c1ccccc1. The number of benzene rings is 1. The molecule has 114 valence electrons. The monoisotopic (exact) mass is 300 g/mol. The summed E-state index contributed by atoms with van der Waals surface area (Å²) in [5, 5.41) is 10.6. The molecule has 0 aliphatic rings. The molecule has 1 aromatic rings. The molecule has 20 heavy (non-hydrogen) atoms. The quantitative estimate of drug-likeness (QED) is 0.786. The molecule has 4 nitrogen and oxygen atoms in total. The van der Waals surface area contributed by atoms with Crippen molar-refractivity contribution in [3.05, 3.63) is 30.3 Å². The normalized spacial score (nSPS) is 16.9. The van der Waals surface area contributed by atoms with Gasteiger partial charge in [-0.25, -0.2) is 0 Å². The fourth-order valence-electron chi connectivity index (χ4n) is 2.32. The van der Waals surface area contributed by atoms with Crippen molar-refractivity contribution in [1.29, 1.82) is 0 Å². The van der Waals surface area contributed by atoms with Gasteiger partial charge in [-0.3, -0.25) is 4.18 Å². The minimum Gasteiger partial charge on any atom is -0.389 e. The third kappa shape index (κ3) is 3.81. The van der Waals surface area contributed by atoms with Gasteiger partial charge in [0.2, 0.25) is 0 Å². The van der Waals surface area contributed by atoms with Gasteiger partial charge in [-0.05, 0) is 24.5 Å². The lowest BCUT2D eigenvalue weighted by molar-refractivity contribution is -0.0676. The highest BCUT2D eigenvalue weighted by Crippen LogP contribution is 2.30. The van der Waals surface area contributed by atoms with Crippen LogP contribution in [0.3, 0.4) is 0 Å². The van der Waals surface area contributed by atoms with Crippen molar-refractivity contribution in [2.45, 2.75) is 44.6 Å². The molecule has 0 aromatic heterocycles. The van der Waals surface area contributed by atoms with Gasteiger partial charge in [0.1, 0.15) is 0 Å². The molecule has 0 bridgehead atoms. The molecule has 5 heteroatoms. The van der Waals surface area contributed by atoms with Gasteiger partial charge in [-0.15, -0.1) is 0 Å². The fourth-order valence-corrected chi connectivity index (χ4v) is 3.33. The maximum atomic E-state index is 12.0. The summed E-state index contributed by atoms with van der Waals surface area (Å²) in [5.74, 6) is -0.239. The van der Waals surface area contributed by atoms with E-state index >= 15 is 0 Å². The van der Waals surface area contributed by atoms with E-state index in [0.29, 0.717) is 6.42 Å². The molecule has 0 fully saturated rings. The molecular formula is C15H24O4S. The second-order valence-electron chi connectivity index (χ2n) is 5.45. The van der Waals surface area contributed by atoms with E-state index < -0.39 is 15.7 Å². The first-order valence-corrected chi connectivity index (χ1v) is 8.31. The number of rotatable bonds is 7. The molecule has 2 unspecified atom stereocenters. The summed E-state index contributed by atoms with van der Waals surface area (Å²) in [5.41, 5.74) is -0.924. The lowest BCUT2D eigenvalue weighted by atomic mass is 9.78. The van der Waals surface area contributed by atoms with E-state index in [2.05, 4.69) is 0 Å². The van der Waals surface area contributed by atoms with Gasteiger partial charge in [-0.2, -0.15) is 8.42 Å². The van der Waals surface area contributed by atoms with E-state index in [-0.39, 0.29) is 23.3 Å². The number of hydrogen-bond donors (Lipinski definition) is 1. The third-order valence-electron chi connectivity index (χ3n) is 3.92. The Morgan fingerprint density at radius 1 is 1.20 bits per heavy atom. The van der Waals surface area contributed by atoms with Crippen molar-refractivity contribution in [1.82, 2.24) is 0 Å². The highest BCUT2D eigenvalue weighted by molar-refractivity contribution is 7.86. The van der Waals surface area contributed by atoms with Crippen molar-refractivity contribution >= 4 is 10.1 Å². The van der Waals surface area contributed by atoms with Crippen LogP contribution in [0.15, 0.2) is 35.2 Å². The second kappa shape index (κ2) is 6.70. The molecule has 1 aromatic carbocycles. The topological polar surface area (TPSA) is 63.6 Å². The average Bonchev–Trinajstić information content (AvgIpc) is 2.44. The van der Waals surface area contributed by atoms with Crippen molar-refractivity contribution in [3.63, 3.8) is 0 Å². The number of aliphatic hydroxyl groups is 1. The summed E-state index contributed by atoms with van der Waals surface area (Å²) in [6.45, 7) is 7.52. The van der Waals surface area contributed by atoms with Gasteiger partial charge in [0.05, 0.1) is 17.1 Å². The summed E-state index contributed by atoms with van der Waals surface area (Å²) < 4.78 is 29.1. The first-order chi connectivity index (χ1) is 9.24. The van der Waals surface area contributed by atoms with Crippen LogP contribution in [-0.4, -0.2) is 25.7 Å². The second-order valence-corrected chi connectivity index (χ2v) is 7.07. The molecule has 0 aliphatic carbocycles. The van der Waals surface area contributed by atoms with Crippen LogP contribution in [0.5, 0.6) is 0 Å². The predicted octanol–water partition coefficient (Wildman–Crippen LogP) is 2.83. The maximum absolute atomic E-state index is 12.0. The van der Waals surface area contributed by atoms with Crippen LogP contribution in [0.2, 0.25) is 0 Å². The van der Waals surface area contributed by atoms with Gasteiger partial charge in [-0.1, -0.05) is 45.9 Å². The van der Waals surface area contributed by atoms with Crippen LogP contribution in [-0.2, 0) is 14.3 Å². The van der Waals surface area contributed by atoms with E-state index in [4.69, 9.17) is 4.18 Å². The average molecular weight is 300 g/mol. The lowest BCUT2D eigenvalue weighted by Gasteiger charge is -2.36. The Kier molecular flexibility index (Phi) is 5.74. The molecule has 0 saturated heterocycles. The first-order valence-electron chi connectivity index (χ1n) is 6.91. The number of hydrogen-bond acceptors (Lipinski definition) is 4. The van der Waals surface area contributed by atoms with Crippen molar-refractivity contribution in [3.8, 4) is 0 Å². The zero-order valence-corrected chi connectivity index (χ0v) is 13.4. The molecule has 1 rings (SSSR count). The van der Waals surface area contributed by atoms with Crippen LogP contribution < -0.4 is 0 Å². The van der Waals surface area contributed by atoms with Crippen LogP contribution in [0.25, 0.3) is 0 Å². The molecule has 0 amide bonds. The van der Waals surface area contributed by atoms with E-state index in [9.17, 15) is 13.5 Å². The Morgan fingerprint density at radius 3 is 2.20 bits per heavy atom. The molecule has 0 radical (unpaired) electrons. The zero-order chi connectivity index (χ0) is 15.4. The minimum atomic E-state index is -3.76. The minimum absolute atomic E-state index is 0.0280. The van der Waals surface area contributed by atoms with Gasteiger partial charge >= 0.3 is 0 Å². The predicted molar refractivity (Wildman–Crippen MR) is 78.8 cm³/mol. The summed E-state index contributed by atoms with van der Waals surface area (Å²) in [4.78, 5) is 0.136. The van der Waals surface area contributed by atoms with E-state index in [1.807, 2.05) is 27.7 Å². The Bertz CT molecular complexity index is 510. The summed E-state index contributed by atoms with van der Waals surface area (Å²) in [7, 11) is -3.76. The van der Waals surface area contributed by atoms with E-state index in [1.54, 1.807) is 18.2 Å². The largest absolute Gasteiger partial charge is 0.389 e. The Labute approximate surface area is 121 Å². The lowest BCUT2D eigenvalue weighted by Crippen LogP contribution is -2.43. The Balaban J connectivity index is 2.77. The fraction of sp³-hybridized carbons (Fsp3) is 0.600. The molecule has 0 heterocycles. The first kappa shape index (κ1) is 17.1. The smallest absolute Gasteiger partial charge is 0.296 e. The highest BCUT2D eigenvalue weighted by Gasteiger charge is 2.36. The Morgan fingerprint density at radius 2 is 1.75 bits per heavy atom. The Hall–Kier alpha value is -0.910. The third-order valence-corrected chi connectivity index (χ3v) is 5.22. The van der Waals surface area contributed by atoms with Crippen LogP contribution in [0.4, 0.5) is 0 Å². The standard InChI is InChI=1S/C15H24O4S/c1-5-15(16,12(2)3)13(4)11-19-20(17,18)14-9-7-6-8-10-14/h6-10,12-13,16H,5,11H2,1-4H3.